The molecule has 4 heteroatoms. The van der Waals surface area contributed by atoms with Crippen LogP contribution in [0.4, 0.5) is 4.39 Å². The van der Waals surface area contributed by atoms with Gasteiger partial charge in [-0.05, 0) is 57.9 Å². The summed E-state index contributed by atoms with van der Waals surface area (Å²) in [6.45, 7) is 0.653. The number of benzene rings is 2. The topological polar surface area (TPSA) is 26.3 Å². The third-order valence-corrected chi connectivity index (χ3v) is 3.78. The van der Waals surface area contributed by atoms with E-state index in [4.69, 9.17) is 4.74 Å². The van der Waals surface area contributed by atoms with Crippen molar-refractivity contribution < 1.29 is 13.9 Å². The Balaban J connectivity index is 1.97. The minimum atomic E-state index is -0.435. The molecule has 1 aliphatic heterocycles. The van der Waals surface area contributed by atoms with Crippen LogP contribution in [0.25, 0.3) is 0 Å². The van der Waals surface area contributed by atoms with Gasteiger partial charge in [-0.3, -0.25) is 4.79 Å². The largest absolute Gasteiger partial charge is 0.493 e. The molecule has 0 aromatic heterocycles. The number of ether oxygens (including phenoxy) is 1. The number of carbonyl (C=O) groups is 1. The molecule has 0 spiro atoms. The van der Waals surface area contributed by atoms with Crippen molar-refractivity contribution >= 4 is 21.7 Å². The fourth-order valence-electron chi connectivity index (χ4n) is 2.13. The second-order valence-electron chi connectivity index (χ2n) is 4.38. The number of fused-ring (bicyclic) bond motifs is 1. The summed E-state index contributed by atoms with van der Waals surface area (Å²) in [4.78, 5) is 12.3. The maximum Gasteiger partial charge on any atom is 0.193 e. The van der Waals surface area contributed by atoms with Crippen molar-refractivity contribution in [2.75, 3.05) is 6.61 Å². The average molecular weight is 321 g/mol. The quantitative estimate of drug-likeness (QED) is 0.788. The monoisotopic (exact) mass is 320 g/mol. The number of halogens is 2. The Labute approximate surface area is 118 Å². The van der Waals surface area contributed by atoms with E-state index < -0.39 is 5.82 Å². The predicted molar refractivity (Wildman–Crippen MR) is 73.2 cm³/mol. The molecular weight excluding hydrogens is 311 g/mol. The molecular formula is C15H10BrFO2. The van der Waals surface area contributed by atoms with E-state index in [0.29, 0.717) is 22.2 Å². The van der Waals surface area contributed by atoms with Gasteiger partial charge in [0.15, 0.2) is 5.78 Å². The van der Waals surface area contributed by atoms with Crippen LogP contribution in [0.15, 0.2) is 40.9 Å². The van der Waals surface area contributed by atoms with Gasteiger partial charge >= 0.3 is 0 Å². The molecule has 0 aliphatic carbocycles. The molecule has 0 atom stereocenters. The molecule has 0 saturated carbocycles. The maximum absolute atomic E-state index is 13.5. The molecule has 1 heterocycles. The van der Waals surface area contributed by atoms with Gasteiger partial charge in [-0.25, -0.2) is 4.39 Å². The summed E-state index contributed by atoms with van der Waals surface area (Å²) in [7, 11) is 0. The Morgan fingerprint density at radius 3 is 2.68 bits per heavy atom. The SMILES string of the molecule is O=C(c1ccc(Br)c(F)c1)c1ccc2c(c1)CCO2. The lowest BCUT2D eigenvalue weighted by atomic mass is 10.0. The Bertz CT molecular complexity index is 667. The molecule has 2 aromatic carbocycles. The highest BCUT2D eigenvalue weighted by Gasteiger charge is 2.16. The molecule has 3 rings (SSSR count). The van der Waals surface area contributed by atoms with Gasteiger partial charge in [0.25, 0.3) is 0 Å². The predicted octanol–water partition coefficient (Wildman–Crippen LogP) is 3.75. The highest BCUT2D eigenvalue weighted by Crippen LogP contribution is 2.27. The normalized spacial score (nSPS) is 12.9. The highest BCUT2D eigenvalue weighted by molar-refractivity contribution is 9.10. The van der Waals surface area contributed by atoms with Gasteiger partial charge in [-0.15, -0.1) is 0 Å². The van der Waals surface area contributed by atoms with Crippen molar-refractivity contribution in [3.63, 3.8) is 0 Å². The van der Waals surface area contributed by atoms with Crippen molar-refractivity contribution in [2.24, 2.45) is 0 Å². The van der Waals surface area contributed by atoms with Crippen LogP contribution in [0.5, 0.6) is 5.75 Å². The van der Waals surface area contributed by atoms with E-state index in [2.05, 4.69) is 15.9 Å². The number of hydrogen-bond acceptors (Lipinski definition) is 2. The Morgan fingerprint density at radius 1 is 1.16 bits per heavy atom. The molecule has 2 aromatic rings. The van der Waals surface area contributed by atoms with Gasteiger partial charge in [0.05, 0.1) is 11.1 Å². The molecule has 0 radical (unpaired) electrons. The summed E-state index contributed by atoms with van der Waals surface area (Å²) in [5, 5.41) is 0. The van der Waals surface area contributed by atoms with E-state index in [1.807, 2.05) is 6.07 Å². The lowest BCUT2D eigenvalue weighted by Crippen LogP contribution is -2.02. The van der Waals surface area contributed by atoms with Crippen LogP contribution < -0.4 is 4.74 Å². The molecule has 0 amide bonds. The van der Waals surface area contributed by atoms with E-state index in [0.717, 1.165) is 17.7 Å². The first-order chi connectivity index (χ1) is 9.15. The second kappa shape index (κ2) is 4.78. The van der Waals surface area contributed by atoms with E-state index in [-0.39, 0.29) is 5.78 Å². The van der Waals surface area contributed by atoms with E-state index in [1.165, 1.54) is 6.07 Å². The van der Waals surface area contributed by atoms with Gasteiger partial charge in [0.2, 0.25) is 0 Å². The zero-order chi connectivity index (χ0) is 13.4. The zero-order valence-electron chi connectivity index (χ0n) is 9.95. The first-order valence-electron chi connectivity index (χ1n) is 5.90. The number of rotatable bonds is 2. The second-order valence-corrected chi connectivity index (χ2v) is 5.23. The standard InChI is InChI=1S/C15H10BrFO2/c16-12-3-1-11(8-13(12)17)15(18)10-2-4-14-9(7-10)5-6-19-14/h1-4,7-8H,5-6H2. The third-order valence-electron chi connectivity index (χ3n) is 3.13. The van der Waals surface area contributed by atoms with Crippen LogP contribution in [0.3, 0.4) is 0 Å². The smallest absolute Gasteiger partial charge is 0.193 e. The molecule has 0 saturated heterocycles. The lowest BCUT2D eigenvalue weighted by Gasteiger charge is -2.04. The van der Waals surface area contributed by atoms with Crippen molar-refractivity contribution in [3.8, 4) is 5.75 Å². The fourth-order valence-corrected chi connectivity index (χ4v) is 2.38. The molecule has 1 aliphatic rings. The van der Waals surface area contributed by atoms with Crippen LogP contribution in [0, 0.1) is 5.82 Å². The van der Waals surface area contributed by atoms with Crippen LogP contribution in [0.2, 0.25) is 0 Å². The molecule has 96 valence electrons. The highest BCUT2D eigenvalue weighted by atomic mass is 79.9. The number of hydrogen-bond donors (Lipinski definition) is 0. The number of carbonyl (C=O) groups excluding carboxylic acids is 1. The van der Waals surface area contributed by atoms with Crippen LogP contribution >= 0.6 is 15.9 Å². The summed E-state index contributed by atoms with van der Waals surface area (Å²) in [6.07, 6.45) is 0.811. The lowest BCUT2D eigenvalue weighted by molar-refractivity contribution is 0.103. The summed E-state index contributed by atoms with van der Waals surface area (Å²) >= 11 is 3.07. The van der Waals surface area contributed by atoms with E-state index >= 15 is 0 Å². The minimum absolute atomic E-state index is 0.180. The maximum atomic E-state index is 13.5. The first-order valence-corrected chi connectivity index (χ1v) is 6.70. The van der Waals surface area contributed by atoms with Gasteiger partial charge < -0.3 is 4.74 Å². The van der Waals surface area contributed by atoms with Crippen molar-refractivity contribution in [3.05, 3.63) is 63.4 Å². The zero-order valence-corrected chi connectivity index (χ0v) is 11.5. The summed E-state index contributed by atoms with van der Waals surface area (Å²) in [5.41, 5.74) is 1.94. The third kappa shape index (κ3) is 2.28. The van der Waals surface area contributed by atoms with Crippen LogP contribution in [-0.4, -0.2) is 12.4 Å². The summed E-state index contributed by atoms with van der Waals surface area (Å²) in [5.74, 6) is 0.218. The summed E-state index contributed by atoms with van der Waals surface area (Å²) < 4.78 is 19.2. The Morgan fingerprint density at radius 2 is 1.89 bits per heavy atom. The average Bonchev–Trinajstić information content (AvgIpc) is 2.88. The van der Waals surface area contributed by atoms with Crippen LogP contribution in [-0.2, 0) is 6.42 Å². The van der Waals surface area contributed by atoms with Gasteiger partial charge in [-0.1, -0.05) is 0 Å². The fraction of sp³-hybridized carbons (Fsp3) is 0.133. The van der Waals surface area contributed by atoms with Gasteiger partial charge in [0.1, 0.15) is 11.6 Å². The van der Waals surface area contributed by atoms with Crippen LogP contribution in [0.1, 0.15) is 21.5 Å². The van der Waals surface area contributed by atoms with Crippen molar-refractivity contribution in [1.82, 2.24) is 0 Å². The van der Waals surface area contributed by atoms with Gasteiger partial charge in [0, 0.05) is 17.5 Å². The Kier molecular flexibility index (Phi) is 3.11. The molecule has 0 unspecified atom stereocenters. The van der Waals surface area contributed by atoms with Crippen molar-refractivity contribution in [1.29, 1.82) is 0 Å². The van der Waals surface area contributed by atoms with E-state index in [1.54, 1.807) is 24.3 Å². The van der Waals surface area contributed by atoms with E-state index in [9.17, 15) is 9.18 Å². The first kappa shape index (κ1) is 12.4. The molecule has 0 bridgehead atoms. The Hall–Kier alpha value is -1.68. The molecule has 0 N–H and O–H groups in total. The molecule has 19 heavy (non-hydrogen) atoms. The summed E-state index contributed by atoms with van der Waals surface area (Å²) in [6, 6.07) is 9.73. The minimum Gasteiger partial charge on any atom is -0.493 e. The van der Waals surface area contributed by atoms with Crippen molar-refractivity contribution in [2.45, 2.75) is 6.42 Å². The molecule has 2 nitrogen and oxygen atoms in total. The molecule has 0 fully saturated rings. The number of ketones is 1. The van der Waals surface area contributed by atoms with Gasteiger partial charge in [-0.2, -0.15) is 0 Å².